The highest BCUT2D eigenvalue weighted by Crippen LogP contribution is 2.35. The van der Waals surface area contributed by atoms with Gasteiger partial charge in [-0.2, -0.15) is 0 Å². The Kier molecular flexibility index (Phi) is 2.57. The monoisotopic (exact) mass is 246 g/mol. The molecule has 0 fully saturated rings. The van der Waals surface area contributed by atoms with Gasteiger partial charge in [-0.05, 0) is 23.6 Å². The van der Waals surface area contributed by atoms with Crippen molar-refractivity contribution < 1.29 is 14.3 Å². The van der Waals surface area contributed by atoms with E-state index in [4.69, 9.17) is 9.47 Å². The maximum atomic E-state index is 12.3. The van der Waals surface area contributed by atoms with E-state index in [0.717, 1.165) is 0 Å². The summed E-state index contributed by atoms with van der Waals surface area (Å²) in [5.41, 5.74) is 0.574. The van der Waals surface area contributed by atoms with E-state index in [-0.39, 0.29) is 5.78 Å². The molecule has 0 saturated heterocycles. The molecule has 0 radical (unpaired) electrons. The van der Waals surface area contributed by atoms with Crippen molar-refractivity contribution in [3.05, 3.63) is 46.2 Å². The van der Waals surface area contributed by atoms with E-state index in [1.165, 1.54) is 11.3 Å². The standard InChI is InChI=1S/C13H10O3S/c14-12(11-5-2-8-17-11)9-3-1-4-10-13(9)16-7-6-15-10/h1-5,8H,6-7H2. The first kappa shape index (κ1) is 10.4. The Balaban J connectivity index is 2.06. The predicted octanol–water partition coefficient (Wildman–Crippen LogP) is 2.75. The molecule has 1 aliphatic rings. The lowest BCUT2D eigenvalue weighted by Gasteiger charge is -2.20. The number of benzene rings is 1. The lowest BCUT2D eigenvalue weighted by Crippen LogP contribution is -2.17. The van der Waals surface area contributed by atoms with Crippen molar-refractivity contribution in [3.63, 3.8) is 0 Å². The van der Waals surface area contributed by atoms with Crippen molar-refractivity contribution in [2.75, 3.05) is 13.2 Å². The van der Waals surface area contributed by atoms with E-state index in [9.17, 15) is 4.79 Å². The lowest BCUT2D eigenvalue weighted by molar-refractivity contribution is 0.103. The summed E-state index contributed by atoms with van der Waals surface area (Å²) in [6.07, 6.45) is 0. The topological polar surface area (TPSA) is 35.5 Å². The SMILES string of the molecule is O=C(c1cccs1)c1cccc2c1OCCO2. The van der Waals surface area contributed by atoms with Gasteiger partial charge in [-0.1, -0.05) is 12.1 Å². The Morgan fingerprint density at radius 2 is 2.00 bits per heavy atom. The van der Waals surface area contributed by atoms with Crippen LogP contribution in [0.3, 0.4) is 0 Å². The molecular formula is C13H10O3S. The quantitative estimate of drug-likeness (QED) is 0.764. The van der Waals surface area contributed by atoms with Gasteiger partial charge in [0, 0.05) is 0 Å². The maximum absolute atomic E-state index is 12.3. The van der Waals surface area contributed by atoms with Crippen molar-refractivity contribution >= 4 is 17.1 Å². The van der Waals surface area contributed by atoms with E-state index in [1.807, 2.05) is 29.6 Å². The molecule has 0 saturated carbocycles. The van der Waals surface area contributed by atoms with Crippen molar-refractivity contribution in [2.45, 2.75) is 0 Å². The first-order valence-corrected chi connectivity index (χ1v) is 6.21. The Labute approximate surface area is 103 Å². The second-order valence-corrected chi connectivity index (χ2v) is 4.58. The number of carbonyl (C=O) groups is 1. The van der Waals surface area contributed by atoms with Gasteiger partial charge in [0.15, 0.2) is 11.5 Å². The van der Waals surface area contributed by atoms with Crippen LogP contribution in [-0.2, 0) is 0 Å². The Morgan fingerprint density at radius 1 is 1.12 bits per heavy atom. The predicted molar refractivity (Wildman–Crippen MR) is 65.2 cm³/mol. The Hall–Kier alpha value is -1.81. The number of carbonyl (C=O) groups excluding carboxylic acids is 1. The van der Waals surface area contributed by atoms with Gasteiger partial charge in [0.2, 0.25) is 5.78 Å². The molecule has 17 heavy (non-hydrogen) atoms. The van der Waals surface area contributed by atoms with Crippen molar-refractivity contribution in [1.82, 2.24) is 0 Å². The zero-order chi connectivity index (χ0) is 11.7. The molecule has 3 nitrogen and oxygen atoms in total. The summed E-state index contributed by atoms with van der Waals surface area (Å²) < 4.78 is 11.0. The first-order valence-electron chi connectivity index (χ1n) is 5.33. The average molecular weight is 246 g/mol. The van der Waals surface area contributed by atoms with Crippen LogP contribution < -0.4 is 9.47 Å². The van der Waals surface area contributed by atoms with Gasteiger partial charge < -0.3 is 9.47 Å². The molecule has 0 N–H and O–H groups in total. The molecule has 3 rings (SSSR count). The molecule has 0 spiro atoms. The molecule has 0 aliphatic carbocycles. The molecule has 4 heteroatoms. The van der Waals surface area contributed by atoms with E-state index < -0.39 is 0 Å². The zero-order valence-corrected chi connectivity index (χ0v) is 9.83. The molecule has 86 valence electrons. The first-order chi connectivity index (χ1) is 8.36. The third-order valence-electron chi connectivity index (χ3n) is 2.56. The van der Waals surface area contributed by atoms with Gasteiger partial charge in [0.05, 0.1) is 10.4 Å². The highest BCUT2D eigenvalue weighted by atomic mass is 32.1. The number of rotatable bonds is 2. The van der Waals surface area contributed by atoms with Crippen LogP contribution in [0.15, 0.2) is 35.7 Å². The number of hydrogen-bond donors (Lipinski definition) is 0. The normalized spacial score (nSPS) is 13.4. The number of hydrogen-bond acceptors (Lipinski definition) is 4. The fraction of sp³-hybridized carbons (Fsp3) is 0.154. The second kappa shape index (κ2) is 4.22. The summed E-state index contributed by atoms with van der Waals surface area (Å²) in [5, 5.41) is 1.89. The van der Waals surface area contributed by atoms with Crippen molar-refractivity contribution in [2.24, 2.45) is 0 Å². The van der Waals surface area contributed by atoms with Crippen LogP contribution in [0, 0.1) is 0 Å². The van der Waals surface area contributed by atoms with Crippen molar-refractivity contribution in [1.29, 1.82) is 0 Å². The van der Waals surface area contributed by atoms with Crippen LogP contribution in [0.2, 0.25) is 0 Å². The molecule has 1 aliphatic heterocycles. The number of ether oxygens (including phenoxy) is 2. The molecule has 1 aromatic carbocycles. The number of ketones is 1. The lowest BCUT2D eigenvalue weighted by atomic mass is 10.1. The van der Waals surface area contributed by atoms with E-state index in [0.29, 0.717) is 35.2 Å². The average Bonchev–Trinajstić information content (AvgIpc) is 2.91. The summed E-state index contributed by atoms with van der Waals surface area (Å²) in [4.78, 5) is 13.0. The van der Waals surface area contributed by atoms with Gasteiger partial charge in [0.1, 0.15) is 13.2 Å². The van der Waals surface area contributed by atoms with Gasteiger partial charge in [0.25, 0.3) is 0 Å². The summed E-state index contributed by atoms with van der Waals surface area (Å²) in [6.45, 7) is 1.02. The minimum absolute atomic E-state index is 0.0117. The molecule has 2 aromatic rings. The van der Waals surface area contributed by atoms with Crippen LogP contribution in [0.5, 0.6) is 11.5 Å². The Morgan fingerprint density at radius 3 is 2.82 bits per heavy atom. The van der Waals surface area contributed by atoms with E-state index in [2.05, 4.69) is 0 Å². The van der Waals surface area contributed by atoms with Crippen LogP contribution in [0.1, 0.15) is 15.2 Å². The minimum atomic E-state index is -0.0117. The van der Waals surface area contributed by atoms with Gasteiger partial charge in [-0.3, -0.25) is 4.79 Å². The van der Waals surface area contributed by atoms with Crippen LogP contribution in [0.25, 0.3) is 0 Å². The number of para-hydroxylation sites is 1. The summed E-state index contributed by atoms with van der Waals surface area (Å²) >= 11 is 1.43. The summed E-state index contributed by atoms with van der Waals surface area (Å²) in [6, 6.07) is 9.09. The molecule has 0 amide bonds. The van der Waals surface area contributed by atoms with Crippen LogP contribution in [-0.4, -0.2) is 19.0 Å². The highest BCUT2D eigenvalue weighted by Gasteiger charge is 2.21. The van der Waals surface area contributed by atoms with Gasteiger partial charge >= 0.3 is 0 Å². The molecule has 1 aromatic heterocycles. The summed E-state index contributed by atoms with van der Waals surface area (Å²) in [7, 11) is 0. The van der Waals surface area contributed by atoms with E-state index >= 15 is 0 Å². The molecule has 0 unspecified atom stereocenters. The van der Waals surface area contributed by atoms with Crippen molar-refractivity contribution in [3.8, 4) is 11.5 Å². The molecule has 0 atom stereocenters. The smallest absolute Gasteiger partial charge is 0.206 e. The highest BCUT2D eigenvalue weighted by molar-refractivity contribution is 7.12. The second-order valence-electron chi connectivity index (χ2n) is 3.64. The third-order valence-corrected chi connectivity index (χ3v) is 3.42. The summed E-state index contributed by atoms with van der Waals surface area (Å²) in [5.74, 6) is 1.21. The zero-order valence-electron chi connectivity index (χ0n) is 9.01. The fourth-order valence-electron chi connectivity index (χ4n) is 1.79. The van der Waals surface area contributed by atoms with Gasteiger partial charge in [-0.15, -0.1) is 11.3 Å². The largest absolute Gasteiger partial charge is 0.486 e. The molecule has 2 heterocycles. The van der Waals surface area contributed by atoms with E-state index in [1.54, 1.807) is 6.07 Å². The number of fused-ring (bicyclic) bond motifs is 1. The van der Waals surface area contributed by atoms with Gasteiger partial charge in [-0.25, -0.2) is 0 Å². The fourth-order valence-corrected chi connectivity index (χ4v) is 2.47. The maximum Gasteiger partial charge on any atom is 0.206 e. The molecular weight excluding hydrogens is 236 g/mol. The third kappa shape index (κ3) is 1.80. The Bertz CT molecular complexity index is 546. The number of thiophene rings is 1. The minimum Gasteiger partial charge on any atom is -0.486 e. The van der Waals surface area contributed by atoms with Crippen LogP contribution in [0.4, 0.5) is 0 Å². The molecule has 0 bridgehead atoms. The van der Waals surface area contributed by atoms with Crippen LogP contribution >= 0.6 is 11.3 Å².